The number of aromatic nitrogens is 2. The third-order valence-electron chi connectivity index (χ3n) is 4.13. The molecule has 0 radical (unpaired) electrons. The molecule has 26 heavy (non-hydrogen) atoms. The fourth-order valence-corrected chi connectivity index (χ4v) is 2.82. The number of hydrogen-bond donors (Lipinski definition) is 2. The lowest BCUT2D eigenvalue weighted by Crippen LogP contribution is -2.13. The van der Waals surface area contributed by atoms with Crippen LogP contribution in [-0.4, -0.2) is 23.1 Å². The topological polar surface area (TPSA) is 73.1 Å². The van der Waals surface area contributed by atoms with Gasteiger partial charge in [-0.3, -0.25) is 0 Å². The summed E-state index contributed by atoms with van der Waals surface area (Å²) in [5, 5.41) is 3.81. The minimum Gasteiger partial charge on any atom is -0.490 e. The van der Waals surface area contributed by atoms with E-state index in [1.54, 1.807) is 6.07 Å². The maximum absolute atomic E-state index is 6.07. The standard InChI is InChI=1S/C20H21ClN4O/c1-13-6-5-7-15(14(13)2)17-12-19(25-20(22)24-17)23-10-11-26-18-9-4-3-8-16(18)21/h3-9,12H,10-11H2,1-2H3,(H3,22,23,24,25). The number of hydrogen-bond acceptors (Lipinski definition) is 5. The Bertz CT molecular complexity index is 914. The number of anilines is 2. The van der Waals surface area contributed by atoms with Crippen molar-refractivity contribution in [2.24, 2.45) is 0 Å². The molecule has 3 aromatic rings. The molecular formula is C20H21ClN4O. The lowest BCUT2D eigenvalue weighted by molar-refractivity contribution is 0.333. The van der Waals surface area contributed by atoms with Crippen LogP contribution in [0.15, 0.2) is 48.5 Å². The monoisotopic (exact) mass is 368 g/mol. The van der Waals surface area contributed by atoms with Crippen molar-refractivity contribution in [3.05, 3.63) is 64.7 Å². The summed E-state index contributed by atoms with van der Waals surface area (Å²) in [7, 11) is 0. The van der Waals surface area contributed by atoms with E-state index in [9.17, 15) is 0 Å². The van der Waals surface area contributed by atoms with Crippen LogP contribution in [0.5, 0.6) is 5.75 Å². The van der Waals surface area contributed by atoms with E-state index in [1.807, 2.05) is 36.4 Å². The normalized spacial score (nSPS) is 10.6. The first-order chi connectivity index (χ1) is 12.5. The smallest absolute Gasteiger partial charge is 0.222 e. The van der Waals surface area contributed by atoms with Gasteiger partial charge < -0.3 is 15.8 Å². The zero-order valence-corrected chi connectivity index (χ0v) is 15.5. The Hall–Kier alpha value is -2.79. The third kappa shape index (κ3) is 4.24. The maximum atomic E-state index is 6.07. The van der Waals surface area contributed by atoms with Crippen molar-refractivity contribution in [2.45, 2.75) is 13.8 Å². The average Bonchev–Trinajstić information content (AvgIpc) is 2.62. The number of para-hydroxylation sites is 1. The predicted molar refractivity (Wildman–Crippen MR) is 107 cm³/mol. The molecule has 1 aromatic heterocycles. The fraction of sp³-hybridized carbons (Fsp3) is 0.200. The van der Waals surface area contributed by atoms with Gasteiger partial charge >= 0.3 is 0 Å². The lowest BCUT2D eigenvalue weighted by atomic mass is 10.0. The van der Waals surface area contributed by atoms with Gasteiger partial charge in [-0.1, -0.05) is 41.9 Å². The van der Waals surface area contributed by atoms with E-state index >= 15 is 0 Å². The molecular weight excluding hydrogens is 348 g/mol. The number of nitrogens with two attached hydrogens (primary N) is 1. The molecule has 0 amide bonds. The van der Waals surface area contributed by atoms with Gasteiger partial charge in [0.1, 0.15) is 18.2 Å². The number of nitrogens with one attached hydrogen (secondary N) is 1. The van der Waals surface area contributed by atoms with Crippen LogP contribution in [0.1, 0.15) is 11.1 Å². The van der Waals surface area contributed by atoms with E-state index in [4.69, 9.17) is 22.1 Å². The molecule has 1 heterocycles. The molecule has 6 heteroatoms. The van der Waals surface area contributed by atoms with E-state index in [0.29, 0.717) is 29.7 Å². The van der Waals surface area contributed by atoms with Gasteiger partial charge in [0.25, 0.3) is 0 Å². The molecule has 0 aliphatic heterocycles. The highest BCUT2D eigenvalue weighted by atomic mass is 35.5. The van der Waals surface area contributed by atoms with Gasteiger partial charge in [-0.15, -0.1) is 0 Å². The van der Waals surface area contributed by atoms with Crippen LogP contribution < -0.4 is 15.8 Å². The van der Waals surface area contributed by atoms with E-state index in [-0.39, 0.29) is 5.95 Å². The summed E-state index contributed by atoms with van der Waals surface area (Å²) in [5.41, 5.74) is 10.1. The van der Waals surface area contributed by atoms with Crippen molar-refractivity contribution in [3.8, 4) is 17.0 Å². The Morgan fingerprint density at radius 1 is 1.08 bits per heavy atom. The van der Waals surface area contributed by atoms with Crippen LogP contribution in [0.25, 0.3) is 11.3 Å². The Balaban J connectivity index is 1.68. The molecule has 2 aromatic carbocycles. The van der Waals surface area contributed by atoms with Crippen molar-refractivity contribution < 1.29 is 4.74 Å². The summed E-state index contributed by atoms with van der Waals surface area (Å²) in [6.07, 6.45) is 0. The molecule has 5 nitrogen and oxygen atoms in total. The molecule has 0 aliphatic rings. The van der Waals surface area contributed by atoms with Gasteiger partial charge in [0.2, 0.25) is 5.95 Å². The number of nitrogens with zero attached hydrogens (tertiary/aromatic N) is 2. The van der Waals surface area contributed by atoms with Crippen molar-refractivity contribution in [1.29, 1.82) is 0 Å². The van der Waals surface area contributed by atoms with Gasteiger partial charge in [0.05, 0.1) is 17.3 Å². The summed E-state index contributed by atoms with van der Waals surface area (Å²) in [6, 6.07) is 15.4. The highest BCUT2D eigenvalue weighted by Crippen LogP contribution is 2.26. The second kappa shape index (κ2) is 8.06. The molecule has 134 valence electrons. The highest BCUT2D eigenvalue weighted by molar-refractivity contribution is 6.32. The predicted octanol–water partition coefficient (Wildman–Crippen LogP) is 4.49. The Kier molecular flexibility index (Phi) is 5.58. The number of benzene rings is 2. The first-order valence-corrected chi connectivity index (χ1v) is 8.75. The molecule has 0 unspecified atom stereocenters. The summed E-state index contributed by atoms with van der Waals surface area (Å²) < 4.78 is 5.67. The summed E-state index contributed by atoms with van der Waals surface area (Å²) in [4.78, 5) is 8.62. The first kappa shape index (κ1) is 18.0. The van der Waals surface area contributed by atoms with E-state index in [1.165, 1.54) is 11.1 Å². The van der Waals surface area contributed by atoms with Gasteiger partial charge in [0, 0.05) is 11.6 Å². The van der Waals surface area contributed by atoms with Crippen LogP contribution in [0.3, 0.4) is 0 Å². The molecule has 0 saturated heterocycles. The second-order valence-corrected chi connectivity index (χ2v) is 6.36. The van der Waals surface area contributed by atoms with Crippen molar-refractivity contribution in [2.75, 3.05) is 24.2 Å². The Morgan fingerprint density at radius 3 is 2.69 bits per heavy atom. The molecule has 0 aliphatic carbocycles. The summed E-state index contributed by atoms with van der Waals surface area (Å²) in [6.45, 7) is 5.17. The van der Waals surface area contributed by atoms with Gasteiger partial charge in [-0.2, -0.15) is 4.98 Å². The minimum atomic E-state index is 0.234. The molecule has 3 N–H and O–H groups in total. The quantitative estimate of drug-likeness (QED) is 0.627. The Labute approximate surface area is 158 Å². The average molecular weight is 369 g/mol. The zero-order chi connectivity index (χ0) is 18.5. The van der Waals surface area contributed by atoms with E-state index < -0.39 is 0 Å². The first-order valence-electron chi connectivity index (χ1n) is 8.37. The largest absolute Gasteiger partial charge is 0.490 e. The highest BCUT2D eigenvalue weighted by Gasteiger charge is 2.09. The number of rotatable bonds is 6. The van der Waals surface area contributed by atoms with Crippen molar-refractivity contribution in [3.63, 3.8) is 0 Å². The molecule has 0 spiro atoms. The maximum Gasteiger partial charge on any atom is 0.222 e. The van der Waals surface area contributed by atoms with E-state index in [2.05, 4.69) is 35.2 Å². The van der Waals surface area contributed by atoms with Crippen LogP contribution in [0.4, 0.5) is 11.8 Å². The third-order valence-corrected chi connectivity index (χ3v) is 4.44. The van der Waals surface area contributed by atoms with Gasteiger partial charge in [-0.25, -0.2) is 4.98 Å². The molecule has 0 saturated carbocycles. The minimum absolute atomic E-state index is 0.234. The lowest BCUT2D eigenvalue weighted by Gasteiger charge is -2.12. The van der Waals surface area contributed by atoms with Crippen LogP contribution in [-0.2, 0) is 0 Å². The SMILES string of the molecule is Cc1cccc(-c2cc(NCCOc3ccccc3Cl)nc(N)n2)c1C. The fourth-order valence-electron chi connectivity index (χ4n) is 2.62. The number of halogens is 1. The van der Waals surface area contributed by atoms with Crippen LogP contribution in [0.2, 0.25) is 5.02 Å². The van der Waals surface area contributed by atoms with Crippen molar-refractivity contribution in [1.82, 2.24) is 9.97 Å². The number of aryl methyl sites for hydroxylation is 1. The molecule has 3 rings (SSSR count). The Morgan fingerprint density at radius 2 is 1.88 bits per heavy atom. The second-order valence-electron chi connectivity index (χ2n) is 5.95. The van der Waals surface area contributed by atoms with Crippen LogP contribution >= 0.6 is 11.6 Å². The van der Waals surface area contributed by atoms with E-state index in [0.717, 1.165) is 11.3 Å². The molecule has 0 bridgehead atoms. The van der Waals surface area contributed by atoms with Gasteiger partial charge in [0.15, 0.2) is 0 Å². The summed E-state index contributed by atoms with van der Waals surface area (Å²) in [5.74, 6) is 1.56. The molecule has 0 atom stereocenters. The zero-order valence-electron chi connectivity index (χ0n) is 14.8. The molecule has 0 fully saturated rings. The summed E-state index contributed by atoms with van der Waals surface area (Å²) >= 11 is 6.07. The number of ether oxygens (including phenoxy) is 1. The van der Waals surface area contributed by atoms with Crippen LogP contribution in [0, 0.1) is 13.8 Å². The van der Waals surface area contributed by atoms with Gasteiger partial charge in [-0.05, 0) is 37.1 Å². The van der Waals surface area contributed by atoms with Crippen molar-refractivity contribution >= 4 is 23.4 Å². The number of nitrogen functional groups attached to an aromatic ring is 1.